The summed E-state index contributed by atoms with van der Waals surface area (Å²) in [5.74, 6) is 0. The van der Waals surface area contributed by atoms with Crippen LogP contribution in [-0.4, -0.2) is 45.1 Å². The van der Waals surface area contributed by atoms with Gasteiger partial charge in [-0.15, -0.1) is 0 Å². The van der Waals surface area contributed by atoms with E-state index in [4.69, 9.17) is 14.0 Å². The van der Waals surface area contributed by atoms with Crippen LogP contribution in [0, 0.1) is 0 Å². The van der Waals surface area contributed by atoms with Crippen molar-refractivity contribution in [2.24, 2.45) is 0 Å². The van der Waals surface area contributed by atoms with Crippen LogP contribution < -0.4 is 5.32 Å². The third kappa shape index (κ3) is 2.14. The van der Waals surface area contributed by atoms with Crippen LogP contribution in [0.1, 0.15) is 34.1 Å². The maximum absolute atomic E-state index is 6.16. The lowest BCUT2D eigenvalue weighted by Crippen LogP contribution is -2.41. The van der Waals surface area contributed by atoms with Crippen molar-refractivity contribution in [2.75, 3.05) is 26.8 Å². The quantitative estimate of drug-likeness (QED) is 0.759. The van der Waals surface area contributed by atoms with Gasteiger partial charge >= 0.3 is 7.12 Å². The molecule has 0 bridgehead atoms. The summed E-state index contributed by atoms with van der Waals surface area (Å²) in [6, 6.07) is 0. The lowest BCUT2D eigenvalue weighted by atomic mass is 9.57. The molecule has 2 aliphatic rings. The van der Waals surface area contributed by atoms with Gasteiger partial charge in [-0.2, -0.15) is 0 Å². The van der Waals surface area contributed by atoms with E-state index in [2.05, 4.69) is 33.0 Å². The second kappa shape index (κ2) is 4.23. The van der Waals surface area contributed by atoms with Gasteiger partial charge in [0.15, 0.2) is 0 Å². The van der Waals surface area contributed by atoms with E-state index in [1.165, 1.54) is 0 Å². The Morgan fingerprint density at radius 2 is 1.76 bits per heavy atom. The maximum Gasteiger partial charge on any atom is 0.468 e. The van der Waals surface area contributed by atoms with Gasteiger partial charge in [-0.3, -0.25) is 0 Å². The zero-order valence-electron chi connectivity index (χ0n) is 11.6. The van der Waals surface area contributed by atoms with Gasteiger partial charge in [0.25, 0.3) is 0 Å². The minimum Gasteiger partial charge on any atom is -0.403 e. The van der Waals surface area contributed by atoms with Crippen molar-refractivity contribution in [3.63, 3.8) is 0 Å². The summed E-state index contributed by atoms with van der Waals surface area (Å²) in [5.41, 5.74) is -0.526. The number of hydrogen-bond acceptors (Lipinski definition) is 4. The first-order chi connectivity index (χ1) is 7.83. The van der Waals surface area contributed by atoms with Gasteiger partial charge in [0.05, 0.1) is 17.8 Å². The monoisotopic (exact) mass is 241 g/mol. The second-order valence-electron chi connectivity index (χ2n) is 6.31. The number of ether oxygens (including phenoxy) is 1. The molecule has 0 amide bonds. The van der Waals surface area contributed by atoms with Gasteiger partial charge in [0.1, 0.15) is 0 Å². The van der Waals surface area contributed by atoms with Crippen LogP contribution >= 0.6 is 0 Å². The molecule has 2 saturated heterocycles. The zero-order valence-corrected chi connectivity index (χ0v) is 11.6. The van der Waals surface area contributed by atoms with Crippen molar-refractivity contribution in [3.05, 3.63) is 0 Å². The average molecular weight is 241 g/mol. The summed E-state index contributed by atoms with van der Waals surface area (Å²) >= 11 is 0. The fourth-order valence-electron chi connectivity index (χ4n) is 2.54. The van der Waals surface area contributed by atoms with E-state index >= 15 is 0 Å². The Labute approximate surface area is 105 Å². The van der Waals surface area contributed by atoms with Crippen LogP contribution in [0.15, 0.2) is 0 Å². The highest BCUT2D eigenvalue weighted by molar-refractivity contribution is 6.50. The van der Waals surface area contributed by atoms with E-state index in [9.17, 15) is 0 Å². The van der Waals surface area contributed by atoms with Crippen molar-refractivity contribution >= 4 is 7.12 Å². The van der Waals surface area contributed by atoms with E-state index in [0.717, 1.165) is 19.5 Å². The average Bonchev–Trinajstić information content (AvgIpc) is 2.73. The van der Waals surface area contributed by atoms with Crippen molar-refractivity contribution in [2.45, 2.75) is 50.6 Å². The Morgan fingerprint density at radius 1 is 1.18 bits per heavy atom. The number of hydrogen-bond donors (Lipinski definition) is 1. The molecule has 0 spiro atoms. The van der Waals surface area contributed by atoms with Crippen molar-refractivity contribution < 1.29 is 14.0 Å². The smallest absolute Gasteiger partial charge is 0.403 e. The van der Waals surface area contributed by atoms with Crippen LogP contribution in [0.4, 0.5) is 0 Å². The Balaban J connectivity index is 2.18. The number of methoxy groups -OCH3 is 1. The van der Waals surface area contributed by atoms with Gasteiger partial charge < -0.3 is 19.4 Å². The van der Waals surface area contributed by atoms with E-state index in [0.29, 0.717) is 6.61 Å². The highest BCUT2D eigenvalue weighted by atomic mass is 16.7. The Morgan fingerprint density at radius 3 is 2.18 bits per heavy atom. The summed E-state index contributed by atoms with van der Waals surface area (Å²) in [7, 11) is 1.56. The van der Waals surface area contributed by atoms with E-state index in [1.807, 2.05) is 0 Å². The lowest BCUT2D eigenvalue weighted by molar-refractivity contribution is 0.00578. The summed E-state index contributed by atoms with van der Waals surface area (Å²) in [4.78, 5) is 0. The SMILES string of the molecule is COCC1(B2OC(C)(C)C(C)(C)O2)CCNC1. The molecule has 5 heteroatoms. The van der Waals surface area contributed by atoms with Crippen LogP contribution in [0.2, 0.25) is 5.31 Å². The molecule has 0 aromatic heterocycles. The molecule has 98 valence electrons. The normalized spacial score (nSPS) is 35.5. The molecule has 4 nitrogen and oxygen atoms in total. The zero-order chi connectivity index (χ0) is 12.7. The van der Waals surface area contributed by atoms with Gasteiger partial charge in [0, 0.05) is 19.0 Å². The molecule has 2 heterocycles. The number of nitrogens with one attached hydrogen (secondary N) is 1. The molecule has 0 aromatic rings. The Kier molecular flexibility index (Phi) is 3.32. The van der Waals surface area contributed by atoms with Crippen LogP contribution in [-0.2, 0) is 14.0 Å². The molecule has 17 heavy (non-hydrogen) atoms. The Bertz CT molecular complexity index is 271. The molecular weight excluding hydrogens is 217 g/mol. The first-order valence-electron chi connectivity index (χ1n) is 6.38. The van der Waals surface area contributed by atoms with E-state index < -0.39 is 0 Å². The third-order valence-corrected chi connectivity index (χ3v) is 4.46. The maximum atomic E-state index is 6.16. The number of rotatable bonds is 3. The fraction of sp³-hybridized carbons (Fsp3) is 1.00. The molecule has 1 N–H and O–H groups in total. The summed E-state index contributed by atoms with van der Waals surface area (Å²) in [6.07, 6.45) is 1.04. The largest absolute Gasteiger partial charge is 0.468 e. The highest BCUT2D eigenvalue weighted by Gasteiger charge is 2.60. The second-order valence-corrected chi connectivity index (χ2v) is 6.31. The lowest BCUT2D eigenvalue weighted by Gasteiger charge is -2.32. The van der Waals surface area contributed by atoms with E-state index in [-0.39, 0.29) is 23.6 Å². The molecule has 2 aliphatic heterocycles. The summed E-state index contributed by atoms with van der Waals surface area (Å²) in [6.45, 7) is 11.0. The third-order valence-electron chi connectivity index (χ3n) is 4.46. The first-order valence-corrected chi connectivity index (χ1v) is 6.38. The van der Waals surface area contributed by atoms with Crippen molar-refractivity contribution in [1.82, 2.24) is 5.32 Å². The minimum atomic E-state index is -0.263. The van der Waals surface area contributed by atoms with Crippen LogP contribution in [0.25, 0.3) is 0 Å². The molecule has 1 unspecified atom stereocenters. The van der Waals surface area contributed by atoms with Gasteiger partial charge in [-0.05, 0) is 40.7 Å². The molecule has 0 radical (unpaired) electrons. The molecule has 2 rings (SSSR count). The van der Waals surface area contributed by atoms with Crippen LogP contribution in [0.3, 0.4) is 0 Å². The standard InChI is InChI=1S/C12H24BNO3/c1-10(2)11(3,4)17-13(16-10)12(9-15-5)6-7-14-8-12/h14H,6-9H2,1-5H3. The van der Waals surface area contributed by atoms with Crippen LogP contribution in [0.5, 0.6) is 0 Å². The predicted molar refractivity (Wildman–Crippen MR) is 68.1 cm³/mol. The topological polar surface area (TPSA) is 39.7 Å². The van der Waals surface area contributed by atoms with Crippen molar-refractivity contribution in [3.8, 4) is 0 Å². The first kappa shape index (κ1) is 13.3. The van der Waals surface area contributed by atoms with E-state index in [1.54, 1.807) is 7.11 Å². The Hall–Kier alpha value is -0.0951. The molecular formula is C12H24BNO3. The highest BCUT2D eigenvalue weighted by Crippen LogP contribution is 2.47. The predicted octanol–water partition coefficient (Wildman–Crippen LogP) is 1.46. The molecule has 0 aliphatic carbocycles. The van der Waals surface area contributed by atoms with Gasteiger partial charge in [-0.25, -0.2) is 0 Å². The van der Waals surface area contributed by atoms with Gasteiger partial charge in [-0.1, -0.05) is 0 Å². The summed E-state index contributed by atoms with van der Waals surface area (Å²) in [5, 5.41) is 3.35. The summed E-state index contributed by atoms with van der Waals surface area (Å²) < 4.78 is 17.7. The molecule has 2 fully saturated rings. The fourth-order valence-corrected chi connectivity index (χ4v) is 2.54. The van der Waals surface area contributed by atoms with Gasteiger partial charge in [0.2, 0.25) is 0 Å². The molecule has 1 atom stereocenters. The minimum absolute atomic E-state index is 0.0419. The molecule has 0 aromatic carbocycles. The van der Waals surface area contributed by atoms with Crippen molar-refractivity contribution in [1.29, 1.82) is 0 Å². The molecule has 0 saturated carbocycles.